The Morgan fingerprint density at radius 2 is 2.17 bits per heavy atom. The molecule has 2 amide bonds. The molecule has 0 saturated carbocycles. The van der Waals surface area contributed by atoms with Gasteiger partial charge in [0, 0.05) is 25.9 Å². The van der Waals surface area contributed by atoms with Crippen molar-refractivity contribution in [3.63, 3.8) is 0 Å². The predicted octanol–water partition coefficient (Wildman–Crippen LogP) is 1.22. The molecule has 0 bridgehead atoms. The minimum atomic E-state index is -0.478. The van der Waals surface area contributed by atoms with Crippen LogP contribution in [0.4, 0.5) is 11.5 Å². The van der Waals surface area contributed by atoms with Crippen LogP contribution in [-0.2, 0) is 9.59 Å². The van der Waals surface area contributed by atoms with Crippen LogP contribution >= 0.6 is 0 Å². The van der Waals surface area contributed by atoms with Crippen molar-refractivity contribution in [3.05, 3.63) is 48.4 Å². The standard InChI is InChI=1S/C16H17N5O2/c1-21-14(22)7-12(15(21)10-3-2-6-18-8-10)16(23)20-11-4-5-13(17)19-9-11/h2-6,8-9,12,15H,7H2,1H3,(H2,17,19)(H,20,23)/t12-,15-/m0/s1. The fraction of sp³-hybridized carbons (Fsp3) is 0.250. The van der Waals surface area contributed by atoms with Crippen LogP contribution in [0.1, 0.15) is 18.0 Å². The van der Waals surface area contributed by atoms with Crippen LogP contribution in [0.5, 0.6) is 0 Å². The molecule has 3 N–H and O–H groups in total. The van der Waals surface area contributed by atoms with Crippen LogP contribution in [-0.4, -0.2) is 33.7 Å². The first-order valence-electron chi connectivity index (χ1n) is 7.24. The maximum Gasteiger partial charge on any atom is 0.230 e. The van der Waals surface area contributed by atoms with Crippen molar-refractivity contribution in [2.75, 3.05) is 18.1 Å². The van der Waals surface area contributed by atoms with E-state index in [4.69, 9.17) is 5.73 Å². The first kappa shape index (κ1) is 15.0. The Kier molecular flexibility index (Phi) is 3.92. The van der Waals surface area contributed by atoms with Gasteiger partial charge in [0.1, 0.15) is 5.82 Å². The van der Waals surface area contributed by atoms with Gasteiger partial charge < -0.3 is 16.0 Å². The molecule has 2 atom stereocenters. The quantitative estimate of drug-likeness (QED) is 0.887. The van der Waals surface area contributed by atoms with Gasteiger partial charge in [-0.3, -0.25) is 14.6 Å². The summed E-state index contributed by atoms with van der Waals surface area (Å²) >= 11 is 0. The van der Waals surface area contributed by atoms with Gasteiger partial charge in [-0.2, -0.15) is 0 Å². The molecule has 118 valence electrons. The zero-order chi connectivity index (χ0) is 16.4. The van der Waals surface area contributed by atoms with E-state index >= 15 is 0 Å². The van der Waals surface area contributed by atoms with Gasteiger partial charge in [-0.15, -0.1) is 0 Å². The maximum atomic E-state index is 12.6. The summed E-state index contributed by atoms with van der Waals surface area (Å²) in [4.78, 5) is 34.3. The molecule has 0 aromatic carbocycles. The number of nitrogens with zero attached hydrogens (tertiary/aromatic N) is 3. The van der Waals surface area contributed by atoms with Gasteiger partial charge >= 0.3 is 0 Å². The lowest BCUT2D eigenvalue weighted by molar-refractivity contribution is -0.127. The Hall–Kier alpha value is -2.96. The number of hydrogen-bond donors (Lipinski definition) is 2. The number of likely N-dealkylation sites (tertiary alicyclic amines) is 1. The molecule has 1 aliphatic rings. The van der Waals surface area contributed by atoms with Crippen molar-refractivity contribution in [1.82, 2.24) is 14.9 Å². The van der Waals surface area contributed by atoms with Crippen molar-refractivity contribution < 1.29 is 9.59 Å². The number of hydrogen-bond acceptors (Lipinski definition) is 5. The number of nitrogen functional groups attached to an aromatic ring is 1. The van der Waals surface area contributed by atoms with Crippen LogP contribution in [0.3, 0.4) is 0 Å². The molecule has 0 spiro atoms. The molecule has 0 aliphatic carbocycles. The first-order chi connectivity index (χ1) is 11.1. The Bertz CT molecular complexity index is 717. The van der Waals surface area contributed by atoms with Crippen molar-refractivity contribution >= 4 is 23.3 Å². The number of nitrogens with one attached hydrogen (secondary N) is 1. The molecule has 3 rings (SSSR count). The van der Waals surface area contributed by atoms with Gasteiger partial charge in [-0.1, -0.05) is 6.07 Å². The summed E-state index contributed by atoms with van der Waals surface area (Å²) in [6, 6.07) is 6.64. The number of aromatic nitrogens is 2. The van der Waals surface area contributed by atoms with Gasteiger partial charge in [0.15, 0.2) is 0 Å². The summed E-state index contributed by atoms with van der Waals surface area (Å²) in [5, 5.41) is 2.80. The molecule has 0 unspecified atom stereocenters. The highest BCUT2D eigenvalue weighted by atomic mass is 16.2. The Balaban J connectivity index is 1.83. The molecular formula is C16H17N5O2. The Labute approximate surface area is 133 Å². The molecule has 2 aromatic rings. The lowest BCUT2D eigenvalue weighted by atomic mass is 9.94. The van der Waals surface area contributed by atoms with Crippen molar-refractivity contribution in [1.29, 1.82) is 0 Å². The number of amides is 2. The van der Waals surface area contributed by atoms with Crippen LogP contribution in [0, 0.1) is 5.92 Å². The van der Waals surface area contributed by atoms with E-state index in [2.05, 4.69) is 15.3 Å². The van der Waals surface area contributed by atoms with Crippen LogP contribution in [0.25, 0.3) is 0 Å². The lowest BCUT2D eigenvalue weighted by Crippen LogP contribution is -2.30. The summed E-state index contributed by atoms with van der Waals surface area (Å²) in [5.41, 5.74) is 6.93. The van der Waals surface area contributed by atoms with E-state index in [0.29, 0.717) is 11.5 Å². The third kappa shape index (κ3) is 2.98. The van der Waals surface area contributed by atoms with E-state index < -0.39 is 5.92 Å². The Morgan fingerprint density at radius 1 is 1.35 bits per heavy atom. The summed E-state index contributed by atoms with van der Waals surface area (Å²) < 4.78 is 0. The topological polar surface area (TPSA) is 101 Å². The molecule has 23 heavy (non-hydrogen) atoms. The zero-order valence-electron chi connectivity index (χ0n) is 12.6. The predicted molar refractivity (Wildman–Crippen MR) is 85.1 cm³/mol. The minimum absolute atomic E-state index is 0.0607. The highest BCUT2D eigenvalue weighted by Gasteiger charge is 2.42. The smallest absolute Gasteiger partial charge is 0.230 e. The second-order valence-corrected chi connectivity index (χ2v) is 5.51. The van der Waals surface area contributed by atoms with Gasteiger partial charge in [0.05, 0.1) is 23.8 Å². The molecule has 1 saturated heterocycles. The lowest BCUT2D eigenvalue weighted by Gasteiger charge is -2.24. The van der Waals surface area contributed by atoms with Gasteiger partial charge in [0.2, 0.25) is 11.8 Å². The maximum absolute atomic E-state index is 12.6. The Morgan fingerprint density at radius 3 is 2.83 bits per heavy atom. The van der Waals surface area contributed by atoms with Crippen molar-refractivity contribution in [2.24, 2.45) is 5.92 Å². The van der Waals surface area contributed by atoms with Crippen LogP contribution in [0.15, 0.2) is 42.9 Å². The normalized spacial score (nSPS) is 20.6. The third-order valence-electron chi connectivity index (χ3n) is 4.00. The van der Waals surface area contributed by atoms with Crippen molar-refractivity contribution in [3.8, 4) is 0 Å². The number of anilines is 2. The van der Waals surface area contributed by atoms with Crippen molar-refractivity contribution in [2.45, 2.75) is 12.5 Å². The van der Waals surface area contributed by atoms with E-state index in [1.54, 1.807) is 42.5 Å². The van der Waals surface area contributed by atoms with Gasteiger partial charge in [-0.05, 0) is 23.8 Å². The van der Waals surface area contributed by atoms with E-state index in [1.807, 2.05) is 6.07 Å². The number of carbonyl (C=O) groups is 2. The molecule has 1 aliphatic heterocycles. The highest BCUT2D eigenvalue weighted by molar-refractivity contribution is 5.97. The van der Waals surface area contributed by atoms with E-state index in [-0.39, 0.29) is 24.3 Å². The fourth-order valence-electron chi connectivity index (χ4n) is 2.83. The zero-order valence-corrected chi connectivity index (χ0v) is 12.6. The molecule has 7 heteroatoms. The van der Waals surface area contributed by atoms with Crippen LogP contribution in [0.2, 0.25) is 0 Å². The largest absolute Gasteiger partial charge is 0.384 e. The number of nitrogens with two attached hydrogens (primary N) is 1. The van der Waals surface area contributed by atoms with E-state index in [1.165, 1.54) is 6.20 Å². The van der Waals surface area contributed by atoms with E-state index in [0.717, 1.165) is 5.56 Å². The van der Waals surface area contributed by atoms with Gasteiger partial charge in [0.25, 0.3) is 0 Å². The number of carbonyl (C=O) groups excluding carboxylic acids is 2. The van der Waals surface area contributed by atoms with Crippen LogP contribution < -0.4 is 11.1 Å². The average Bonchev–Trinajstić information content (AvgIpc) is 2.86. The molecule has 7 nitrogen and oxygen atoms in total. The monoisotopic (exact) mass is 311 g/mol. The first-order valence-corrected chi connectivity index (χ1v) is 7.24. The summed E-state index contributed by atoms with van der Waals surface area (Å²) in [6.07, 6.45) is 5.01. The van der Waals surface area contributed by atoms with E-state index in [9.17, 15) is 9.59 Å². The average molecular weight is 311 g/mol. The molecule has 3 heterocycles. The minimum Gasteiger partial charge on any atom is -0.384 e. The summed E-state index contributed by atoms with van der Waals surface area (Å²) in [6.45, 7) is 0. The second-order valence-electron chi connectivity index (χ2n) is 5.51. The third-order valence-corrected chi connectivity index (χ3v) is 4.00. The number of rotatable bonds is 3. The number of pyridine rings is 2. The highest BCUT2D eigenvalue weighted by Crippen LogP contribution is 2.37. The van der Waals surface area contributed by atoms with Gasteiger partial charge in [-0.25, -0.2) is 4.98 Å². The molecule has 1 fully saturated rings. The molecule has 2 aromatic heterocycles. The SMILES string of the molecule is CN1C(=O)C[C@H](C(=O)Nc2ccc(N)nc2)[C@@H]1c1cccnc1. The molecule has 0 radical (unpaired) electrons. The summed E-state index contributed by atoms with van der Waals surface area (Å²) in [5.74, 6) is -0.376. The fourth-order valence-corrected chi connectivity index (χ4v) is 2.83. The second kappa shape index (κ2) is 6.04. The summed E-state index contributed by atoms with van der Waals surface area (Å²) in [7, 11) is 1.71. The molecular weight excluding hydrogens is 294 g/mol.